The van der Waals surface area contributed by atoms with Gasteiger partial charge in [0.2, 0.25) is 5.88 Å². The van der Waals surface area contributed by atoms with Gasteiger partial charge in [-0.3, -0.25) is 14.6 Å². The SMILES string of the molecule is C[C@]1(c2cc(CC(=O)c3cnc(OCCF)cn3)ccc2F)N=C(N)COCC1(F)F.O=CO. The fourth-order valence-electron chi connectivity index (χ4n) is 3.09. The summed E-state index contributed by atoms with van der Waals surface area (Å²) < 4.78 is 66.0. The van der Waals surface area contributed by atoms with E-state index in [0.29, 0.717) is 0 Å². The Morgan fingerprint density at radius 2 is 2.03 bits per heavy atom. The molecule has 184 valence electrons. The van der Waals surface area contributed by atoms with Crippen molar-refractivity contribution in [2.75, 3.05) is 26.5 Å². The molecule has 1 aliphatic heterocycles. The fourth-order valence-corrected chi connectivity index (χ4v) is 3.09. The molecule has 9 nitrogen and oxygen atoms in total. The van der Waals surface area contributed by atoms with Gasteiger partial charge >= 0.3 is 0 Å². The van der Waals surface area contributed by atoms with Crippen molar-refractivity contribution in [3.05, 3.63) is 53.2 Å². The maximum Gasteiger partial charge on any atom is 0.299 e. The molecular weight excluding hydrogens is 464 g/mol. The van der Waals surface area contributed by atoms with Crippen molar-refractivity contribution in [3.63, 3.8) is 0 Å². The van der Waals surface area contributed by atoms with Crippen molar-refractivity contribution in [2.24, 2.45) is 10.7 Å². The van der Waals surface area contributed by atoms with E-state index in [2.05, 4.69) is 15.0 Å². The van der Waals surface area contributed by atoms with E-state index in [9.17, 15) is 22.4 Å². The lowest BCUT2D eigenvalue weighted by Crippen LogP contribution is -2.45. The zero-order chi connectivity index (χ0) is 25.4. The summed E-state index contributed by atoms with van der Waals surface area (Å²) in [6, 6.07) is 3.47. The molecule has 0 saturated heterocycles. The van der Waals surface area contributed by atoms with Crippen LogP contribution in [0.2, 0.25) is 0 Å². The molecule has 0 saturated carbocycles. The van der Waals surface area contributed by atoms with Crippen molar-refractivity contribution in [1.82, 2.24) is 9.97 Å². The number of carbonyl (C=O) groups is 2. The second kappa shape index (κ2) is 11.5. The number of carbonyl (C=O) groups excluding carboxylic acids is 1. The summed E-state index contributed by atoms with van der Waals surface area (Å²) in [6.45, 7) is -1.35. The molecule has 3 N–H and O–H groups in total. The first-order valence-corrected chi connectivity index (χ1v) is 9.78. The average molecular weight is 486 g/mol. The zero-order valence-corrected chi connectivity index (χ0v) is 18.0. The van der Waals surface area contributed by atoms with Gasteiger partial charge in [-0.25, -0.2) is 27.5 Å². The molecule has 1 aliphatic rings. The molecule has 1 aromatic heterocycles. The Balaban J connectivity index is 0.00000129. The van der Waals surface area contributed by atoms with Crippen molar-refractivity contribution >= 4 is 18.1 Å². The van der Waals surface area contributed by atoms with Crippen LogP contribution < -0.4 is 10.5 Å². The maximum atomic E-state index is 14.8. The Kier molecular flexibility index (Phi) is 9.01. The molecule has 2 heterocycles. The highest BCUT2D eigenvalue weighted by atomic mass is 19.3. The van der Waals surface area contributed by atoms with Crippen LogP contribution in [0.15, 0.2) is 35.6 Å². The monoisotopic (exact) mass is 486 g/mol. The number of halogens is 4. The molecule has 0 aliphatic carbocycles. The molecular formula is C21H22F4N4O5. The highest BCUT2D eigenvalue weighted by Crippen LogP contribution is 2.43. The third kappa shape index (κ3) is 6.25. The molecule has 1 atom stereocenters. The van der Waals surface area contributed by atoms with Crippen LogP contribution in [-0.4, -0.2) is 65.6 Å². The van der Waals surface area contributed by atoms with Crippen LogP contribution in [0.25, 0.3) is 0 Å². The summed E-state index contributed by atoms with van der Waals surface area (Å²) in [5.41, 5.74) is 3.17. The second-order valence-corrected chi connectivity index (χ2v) is 7.17. The topological polar surface area (TPSA) is 137 Å². The molecule has 13 heteroatoms. The number of benzene rings is 1. The van der Waals surface area contributed by atoms with Crippen molar-refractivity contribution in [2.45, 2.75) is 24.8 Å². The van der Waals surface area contributed by atoms with Gasteiger partial charge in [-0.05, 0) is 24.6 Å². The number of alkyl halides is 3. The molecule has 0 amide bonds. The van der Waals surface area contributed by atoms with E-state index in [1.54, 1.807) is 0 Å². The maximum absolute atomic E-state index is 14.8. The lowest BCUT2D eigenvalue weighted by Gasteiger charge is -2.33. The lowest BCUT2D eigenvalue weighted by atomic mass is 9.84. The molecule has 0 unspecified atom stereocenters. The summed E-state index contributed by atoms with van der Waals surface area (Å²) >= 11 is 0. The number of hydrogen-bond donors (Lipinski definition) is 2. The van der Waals surface area contributed by atoms with Gasteiger partial charge in [0.05, 0.1) is 12.4 Å². The number of ether oxygens (including phenoxy) is 2. The first kappa shape index (κ1) is 26.6. The minimum atomic E-state index is -3.54. The Bertz CT molecular complexity index is 1040. The van der Waals surface area contributed by atoms with Gasteiger partial charge in [0.25, 0.3) is 12.4 Å². The molecule has 0 bridgehead atoms. The predicted molar refractivity (Wildman–Crippen MR) is 111 cm³/mol. The van der Waals surface area contributed by atoms with Gasteiger partial charge in [0.1, 0.15) is 43.8 Å². The average Bonchev–Trinajstić information content (AvgIpc) is 2.89. The Labute approximate surface area is 191 Å². The summed E-state index contributed by atoms with van der Waals surface area (Å²) in [6.07, 6.45) is 2.08. The van der Waals surface area contributed by atoms with E-state index in [1.165, 1.54) is 12.3 Å². The number of Topliss-reactive ketones (excluding diaryl/α,β-unsaturated/α-hetero) is 1. The number of nitrogens with zero attached hydrogens (tertiary/aromatic N) is 3. The number of aliphatic imine (C=N–C) groups is 1. The van der Waals surface area contributed by atoms with Crippen LogP contribution in [0.3, 0.4) is 0 Å². The van der Waals surface area contributed by atoms with Crippen molar-refractivity contribution in [1.29, 1.82) is 0 Å². The van der Waals surface area contributed by atoms with E-state index < -0.39 is 41.9 Å². The summed E-state index contributed by atoms with van der Waals surface area (Å²) in [7, 11) is 0. The first-order chi connectivity index (χ1) is 16.1. The third-order valence-corrected chi connectivity index (χ3v) is 4.77. The Morgan fingerprint density at radius 1 is 1.32 bits per heavy atom. The quantitative estimate of drug-likeness (QED) is 0.346. The van der Waals surface area contributed by atoms with Gasteiger partial charge in [-0.15, -0.1) is 0 Å². The Morgan fingerprint density at radius 3 is 2.65 bits per heavy atom. The van der Waals surface area contributed by atoms with Crippen molar-refractivity contribution < 1.29 is 41.7 Å². The van der Waals surface area contributed by atoms with Crippen LogP contribution in [0.1, 0.15) is 28.5 Å². The molecule has 1 aromatic carbocycles. The standard InChI is InChI=1S/C20H20F4N4O3.CH2O2/c1-19(20(23,24)11-30-10-17(25)28-19)13-6-12(2-3-14(13)22)7-16(29)15-8-27-18(9-26-15)31-5-4-21;2-1-3/h2-3,6,8-9H,4-5,7,10-11H2,1H3,(H2,25,28);1H,(H,2,3)/t19-;/m1./s1. The highest BCUT2D eigenvalue weighted by Gasteiger charge is 2.54. The smallest absolute Gasteiger partial charge is 0.299 e. The number of aromatic nitrogens is 2. The van der Waals surface area contributed by atoms with Crippen LogP contribution >= 0.6 is 0 Å². The predicted octanol–water partition coefficient (Wildman–Crippen LogP) is 2.33. The van der Waals surface area contributed by atoms with Crippen LogP contribution in [0, 0.1) is 5.82 Å². The van der Waals surface area contributed by atoms with E-state index in [0.717, 1.165) is 25.3 Å². The third-order valence-electron chi connectivity index (χ3n) is 4.77. The Hall–Kier alpha value is -3.61. The molecule has 2 aromatic rings. The normalized spacial score (nSPS) is 19.1. The number of nitrogens with two attached hydrogens (primary N) is 1. The van der Waals surface area contributed by atoms with E-state index >= 15 is 0 Å². The van der Waals surface area contributed by atoms with E-state index in [4.69, 9.17) is 25.1 Å². The van der Waals surface area contributed by atoms with Gasteiger partial charge in [0, 0.05) is 12.0 Å². The van der Waals surface area contributed by atoms with Crippen LogP contribution in [0.4, 0.5) is 17.6 Å². The number of amidine groups is 1. The molecule has 0 radical (unpaired) electrons. The zero-order valence-electron chi connectivity index (χ0n) is 18.0. The molecule has 34 heavy (non-hydrogen) atoms. The number of rotatable bonds is 7. The van der Waals surface area contributed by atoms with Crippen LogP contribution in [-0.2, 0) is 21.5 Å². The fraction of sp³-hybridized carbons (Fsp3) is 0.381. The molecule has 0 spiro atoms. The number of ketones is 1. The summed E-state index contributed by atoms with van der Waals surface area (Å²) in [4.78, 5) is 32.5. The van der Waals surface area contributed by atoms with Gasteiger partial charge in [-0.1, -0.05) is 6.07 Å². The van der Waals surface area contributed by atoms with E-state index in [1.807, 2.05) is 0 Å². The van der Waals surface area contributed by atoms with E-state index in [-0.39, 0.29) is 49.1 Å². The molecule has 0 fully saturated rings. The second-order valence-electron chi connectivity index (χ2n) is 7.17. The van der Waals surface area contributed by atoms with Crippen molar-refractivity contribution in [3.8, 4) is 5.88 Å². The number of carboxylic acid groups (broad SMARTS) is 1. The largest absolute Gasteiger partial charge is 0.483 e. The summed E-state index contributed by atoms with van der Waals surface area (Å²) in [5, 5.41) is 6.89. The summed E-state index contributed by atoms with van der Waals surface area (Å²) in [5.74, 6) is -5.07. The van der Waals surface area contributed by atoms with Gasteiger partial charge in [-0.2, -0.15) is 0 Å². The minimum Gasteiger partial charge on any atom is -0.483 e. The minimum absolute atomic E-state index is 0.0138. The first-order valence-electron chi connectivity index (χ1n) is 9.78. The van der Waals surface area contributed by atoms with Crippen LogP contribution in [0.5, 0.6) is 5.88 Å². The van der Waals surface area contributed by atoms with Gasteiger partial charge < -0.3 is 20.3 Å². The number of hydrogen-bond acceptors (Lipinski definition) is 8. The molecule has 3 rings (SSSR count). The van der Waals surface area contributed by atoms with Gasteiger partial charge in [0.15, 0.2) is 11.3 Å². The highest BCUT2D eigenvalue weighted by molar-refractivity contribution is 5.95. The lowest BCUT2D eigenvalue weighted by molar-refractivity contribution is -0.122.